The van der Waals surface area contributed by atoms with Crippen molar-refractivity contribution in [3.05, 3.63) is 23.8 Å². The van der Waals surface area contributed by atoms with E-state index in [2.05, 4.69) is 6.92 Å². The van der Waals surface area contributed by atoms with Gasteiger partial charge in [0.2, 0.25) is 5.91 Å². The molecule has 0 saturated carbocycles. The fraction of sp³-hybridized carbons (Fsp3) is 0.588. The maximum atomic E-state index is 12.3. The molecule has 1 unspecified atom stereocenters. The highest BCUT2D eigenvalue weighted by Gasteiger charge is 2.22. The molecule has 0 bridgehead atoms. The fourth-order valence-corrected chi connectivity index (χ4v) is 2.89. The summed E-state index contributed by atoms with van der Waals surface area (Å²) in [4.78, 5) is 14.2. The molecule has 1 atom stereocenters. The second-order valence-electron chi connectivity index (χ2n) is 5.72. The molecular formula is C17H26N2O2. The number of hydrogen-bond donors (Lipinski definition) is 1. The van der Waals surface area contributed by atoms with Crippen molar-refractivity contribution in [1.82, 2.24) is 4.90 Å². The van der Waals surface area contributed by atoms with Gasteiger partial charge in [0.1, 0.15) is 5.75 Å². The van der Waals surface area contributed by atoms with Gasteiger partial charge in [-0.1, -0.05) is 13.3 Å². The minimum Gasteiger partial charge on any atom is -0.494 e. The van der Waals surface area contributed by atoms with Gasteiger partial charge in [-0.3, -0.25) is 4.79 Å². The van der Waals surface area contributed by atoms with Crippen molar-refractivity contribution in [1.29, 1.82) is 0 Å². The number of nitrogens with zero attached hydrogens (tertiary/aromatic N) is 1. The Morgan fingerprint density at radius 3 is 2.86 bits per heavy atom. The predicted molar refractivity (Wildman–Crippen MR) is 85.1 cm³/mol. The molecule has 2 rings (SSSR count). The summed E-state index contributed by atoms with van der Waals surface area (Å²) in [7, 11) is 0. The van der Waals surface area contributed by atoms with Crippen LogP contribution >= 0.6 is 0 Å². The van der Waals surface area contributed by atoms with Gasteiger partial charge in [-0.15, -0.1) is 0 Å². The molecule has 1 fully saturated rings. The van der Waals surface area contributed by atoms with Gasteiger partial charge in [0.25, 0.3) is 0 Å². The zero-order valence-corrected chi connectivity index (χ0v) is 13.1. The minimum absolute atomic E-state index is 0.246. The Morgan fingerprint density at radius 2 is 2.14 bits per heavy atom. The topological polar surface area (TPSA) is 55.6 Å². The molecule has 1 aliphatic rings. The highest BCUT2D eigenvalue weighted by atomic mass is 16.5. The summed E-state index contributed by atoms with van der Waals surface area (Å²) in [5, 5.41) is 0. The Hall–Kier alpha value is -1.71. The summed E-state index contributed by atoms with van der Waals surface area (Å²) in [6.45, 7) is 6.20. The summed E-state index contributed by atoms with van der Waals surface area (Å²) in [6, 6.07) is 5.65. The smallest absolute Gasteiger partial charge is 0.222 e. The molecule has 1 aliphatic heterocycles. The van der Waals surface area contributed by atoms with Crippen LogP contribution in [0.5, 0.6) is 5.75 Å². The summed E-state index contributed by atoms with van der Waals surface area (Å²) in [5.74, 6) is 1.75. The number of likely N-dealkylation sites (tertiary alicyclic amines) is 1. The van der Waals surface area contributed by atoms with Crippen molar-refractivity contribution >= 4 is 11.6 Å². The van der Waals surface area contributed by atoms with Gasteiger partial charge in [0, 0.05) is 30.8 Å². The van der Waals surface area contributed by atoms with Gasteiger partial charge >= 0.3 is 0 Å². The van der Waals surface area contributed by atoms with E-state index in [0.717, 1.165) is 37.1 Å². The van der Waals surface area contributed by atoms with E-state index in [1.807, 2.05) is 30.0 Å². The summed E-state index contributed by atoms with van der Waals surface area (Å²) in [5.41, 5.74) is 7.59. The first-order valence-corrected chi connectivity index (χ1v) is 7.93. The standard InChI is InChI=1S/C17H26N2O2/c1-3-13-5-8-17(20)19(10-9-13)12-14-11-15(18)6-7-16(14)21-4-2/h6-7,11,13H,3-5,8-10,12,18H2,1-2H3. The van der Waals surface area contributed by atoms with Crippen molar-refractivity contribution in [3.63, 3.8) is 0 Å². The van der Waals surface area contributed by atoms with Crippen LogP contribution in [0.3, 0.4) is 0 Å². The highest BCUT2D eigenvalue weighted by molar-refractivity contribution is 5.76. The molecule has 21 heavy (non-hydrogen) atoms. The van der Waals surface area contributed by atoms with Gasteiger partial charge in [0.15, 0.2) is 0 Å². The van der Waals surface area contributed by atoms with Gasteiger partial charge in [-0.05, 0) is 43.9 Å². The van der Waals surface area contributed by atoms with Crippen molar-refractivity contribution in [2.45, 2.75) is 46.1 Å². The van der Waals surface area contributed by atoms with Crippen molar-refractivity contribution in [2.75, 3.05) is 18.9 Å². The number of anilines is 1. The number of carbonyl (C=O) groups excluding carboxylic acids is 1. The van der Waals surface area contributed by atoms with Crippen molar-refractivity contribution in [2.24, 2.45) is 5.92 Å². The third kappa shape index (κ3) is 4.13. The van der Waals surface area contributed by atoms with E-state index in [0.29, 0.717) is 31.2 Å². The Bertz CT molecular complexity index is 488. The van der Waals surface area contributed by atoms with Crippen LogP contribution in [0.1, 0.15) is 45.1 Å². The monoisotopic (exact) mass is 290 g/mol. The molecule has 1 amide bonds. The number of nitrogen functional groups attached to an aromatic ring is 1. The van der Waals surface area contributed by atoms with Crippen molar-refractivity contribution < 1.29 is 9.53 Å². The third-order valence-corrected chi connectivity index (χ3v) is 4.25. The Balaban J connectivity index is 2.12. The predicted octanol–water partition coefficient (Wildman–Crippen LogP) is 3.21. The molecule has 1 heterocycles. The molecular weight excluding hydrogens is 264 g/mol. The largest absolute Gasteiger partial charge is 0.494 e. The van der Waals surface area contributed by atoms with Crippen molar-refractivity contribution in [3.8, 4) is 5.75 Å². The average molecular weight is 290 g/mol. The first-order valence-electron chi connectivity index (χ1n) is 7.93. The molecule has 0 spiro atoms. The molecule has 4 heteroatoms. The van der Waals surface area contributed by atoms with Gasteiger partial charge in [-0.25, -0.2) is 0 Å². The Morgan fingerprint density at radius 1 is 1.33 bits per heavy atom. The average Bonchev–Trinajstić information content (AvgIpc) is 2.65. The molecule has 4 nitrogen and oxygen atoms in total. The number of rotatable bonds is 5. The second kappa shape index (κ2) is 7.34. The van der Waals surface area contributed by atoms with Gasteiger partial charge in [-0.2, -0.15) is 0 Å². The normalized spacial score (nSPS) is 19.4. The quantitative estimate of drug-likeness (QED) is 0.847. The van der Waals surface area contributed by atoms with E-state index in [9.17, 15) is 4.79 Å². The lowest BCUT2D eigenvalue weighted by Gasteiger charge is -2.22. The van der Waals surface area contributed by atoms with Crippen LogP contribution in [0.15, 0.2) is 18.2 Å². The van der Waals surface area contributed by atoms with E-state index in [4.69, 9.17) is 10.5 Å². The number of hydrogen-bond acceptors (Lipinski definition) is 3. The van der Waals surface area contributed by atoms with Crippen LogP contribution in [-0.2, 0) is 11.3 Å². The molecule has 0 aromatic heterocycles. The van der Waals surface area contributed by atoms with Crippen LogP contribution in [-0.4, -0.2) is 24.0 Å². The molecule has 2 N–H and O–H groups in total. The van der Waals surface area contributed by atoms with Gasteiger partial charge in [0.05, 0.1) is 6.61 Å². The lowest BCUT2D eigenvalue weighted by Crippen LogP contribution is -2.30. The zero-order chi connectivity index (χ0) is 15.2. The molecule has 1 aromatic rings. The number of ether oxygens (including phenoxy) is 1. The highest BCUT2D eigenvalue weighted by Crippen LogP contribution is 2.26. The number of carbonyl (C=O) groups is 1. The third-order valence-electron chi connectivity index (χ3n) is 4.25. The fourth-order valence-electron chi connectivity index (χ4n) is 2.89. The first kappa shape index (κ1) is 15.7. The maximum absolute atomic E-state index is 12.3. The Kier molecular flexibility index (Phi) is 5.48. The van der Waals surface area contributed by atoms with Gasteiger partial charge < -0.3 is 15.4 Å². The summed E-state index contributed by atoms with van der Waals surface area (Å²) >= 11 is 0. The molecule has 0 aliphatic carbocycles. The second-order valence-corrected chi connectivity index (χ2v) is 5.72. The van der Waals surface area contributed by atoms with Crippen LogP contribution in [0.25, 0.3) is 0 Å². The van der Waals surface area contributed by atoms with Crippen LogP contribution < -0.4 is 10.5 Å². The van der Waals surface area contributed by atoms with E-state index < -0.39 is 0 Å². The number of benzene rings is 1. The van der Waals surface area contributed by atoms with E-state index >= 15 is 0 Å². The summed E-state index contributed by atoms with van der Waals surface area (Å²) < 4.78 is 5.65. The minimum atomic E-state index is 0.246. The zero-order valence-electron chi connectivity index (χ0n) is 13.1. The van der Waals surface area contributed by atoms with Crippen LogP contribution in [0.4, 0.5) is 5.69 Å². The van der Waals surface area contributed by atoms with E-state index in [1.165, 1.54) is 0 Å². The molecule has 116 valence electrons. The maximum Gasteiger partial charge on any atom is 0.222 e. The number of amides is 1. The lowest BCUT2D eigenvalue weighted by molar-refractivity contribution is -0.131. The molecule has 1 saturated heterocycles. The lowest BCUT2D eigenvalue weighted by atomic mass is 9.98. The molecule has 0 radical (unpaired) electrons. The van der Waals surface area contributed by atoms with E-state index in [1.54, 1.807) is 0 Å². The van der Waals surface area contributed by atoms with Crippen LogP contribution in [0.2, 0.25) is 0 Å². The van der Waals surface area contributed by atoms with E-state index in [-0.39, 0.29) is 5.91 Å². The SMILES string of the molecule is CCOc1ccc(N)cc1CN1CCC(CC)CCC1=O. The molecule has 1 aromatic carbocycles. The first-order chi connectivity index (χ1) is 10.1. The Labute approximate surface area is 127 Å². The van der Waals surface area contributed by atoms with Crippen LogP contribution in [0, 0.1) is 5.92 Å². The number of nitrogens with two attached hydrogens (primary N) is 1. The summed E-state index contributed by atoms with van der Waals surface area (Å²) in [6.07, 6.45) is 3.92.